The minimum Gasteiger partial charge on any atom is -0.478 e. The third-order valence-electron chi connectivity index (χ3n) is 2.91. The number of carboxylic acid groups (broad SMARTS) is 1. The smallest absolute Gasteiger partial charge is 0.418 e. The number of carbonyl (C=O) groups is 1. The summed E-state index contributed by atoms with van der Waals surface area (Å²) < 4.78 is 38.8. The molecule has 3 nitrogen and oxygen atoms in total. The normalized spacial score (nSPS) is 11.2. The van der Waals surface area contributed by atoms with Crippen LogP contribution >= 0.6 is 0 Å². The van der Waals surface area contributed by atoms with Gasteiger partial charge in [0.2, 0.25) is 0 Å². The monoisotopic (exact) mass is 295 g/mol. The second-order valence-electron chi connectivity index (χ2n) is 4.52. The maximum atomic E-state index is 12.9. The Bertz CT molecular complexity index is 681. The lowest BCUT2D eigenvalue weighted by Crippen LogP contribution is -2.10. The lowest BCUT2D eigenvalue weighted by molar-refractivity contribution is -0.136. The van der Waals surface area contributed by atoms with Crippen molar-refractivity contribution in [1.29, 1.82) is 0 Å². The molecule has 0 bridgehead atoms. The molecular weight excluding hydrogens is 283 g/mol. The zero-order valence-electron chi connectivity index (χ0n) is 11.0. The van der Waals surface area contributed by atoms with Crippen LogP contribution in [0.15, 0.2) is 42.5 Å². The van der Waals surface area contributed by atoms with Crippen LogP contribution in [-0.4, -0.2) is 11.1 Å². The third-order valence-corrected chi connectivity index (χ3v) is 2.91. The Morgan fingerprint density at radius 3 is 2.38 bits per heavy atom. The topological polar surface area (TPSA) is 49.3 Å². The Balaban J connectivity index is 2.47. The summed E-state index contributed by atoms with van der Waals surface area (Å²) in [6.45, 7) is 1.71. The first-order valence-corrected chi connectivity index (χ1v) is 6.06. The molecule has 0 aliphatic rings. The van der Waals surface area contributed by atoms with Crippen LogP contribution in [0.1, 0.15) is 21.5 Å². The number of halogens is 3. The van der Waals surface area contributed by atoms with E-state index in [0.717, 1.165) is 6.07 Å². The third kappa shape index (κ3) is 3.34. The van der Waals surface area contributed by atoms with Crippen molar-refractivity contribution >= 4 is 17.3 Å². The van der Waals surface area contributed by atoms with E-state index in [2.05, 4.69) is 5.32 Å². The summed E-state index contributed by atoms with van der Waals surface area (Å²) >= 11 is 0. The number of para-hydroxylation sites is 1. The molecule has 0 radical (unpaired) electrons. The van der Waals surface area contributed by atoms with Crippen molar-refractivity contribution in [3.8, 4) is 0 Å². The van der Waals surface area contributed by atoms with E-state index < -0.39 is 17.7 Å². The van der Waals surface area contributed by atoms with Crippen molar-refractivity contribution in [2.45, 2.75) is 13.1 Å². The minimum atomic E-state index is -4.52. The minimum absolute atomic E-state index is 0.0769. The van der Waals surface area contributed by atoms with Gasteiger partial charge in [-0.05, 0) is 31.2 Å². The van der Waals surface area contributed by atoms with Crippen molar-refractivity contribution in [1.82, 2.24) is 0 Å². The molecule has 0 heterocycles. The van der Waals surface area contributed by atoms with Gasteiger partial charge in [-0.3, -0.25) is 0 Å². The van der Waals surface area contributed by atoms with Crippen LogP contribution in [0.25, 0.3) is 0 Å². The number of nitrogens with one attached hydrogen (secondary N) is 1. The molecule has 0 aliphatic carbocycles. The van der Waals surface area contributed by atoms with Gasteiger partial charge in [0.25, 0.3) is 0 Å². The molecule has 0 fully saturated rings. The van der Waals surface area contributed by atoms with E-state index in [-0.39, 0.29) is 16.9 Å². The zero-order chi connectivity index (χ0) is 15.6. The van der Waals surface area contributed by atoms with Crippen molar-refractivity contribution in [3.05, 3.63) is 59.2 Å². The highest BCUT2D eigenvalue weighted by Gasteiger charge is 2.33. The molecule has 2 aromatic carbocycles. The number of carboxylic acids is 1. The summed E-state index contributed by atoms with van der Waals surface area (Å²) in [4.78, 5) is 11.2. The molecule has 0 aliphatic heterocycles. The van der Waals surface area contributed by atoms with Crippen LogP contribution in [0.2, 0.25) is 0 Å². The van der Waals surface area contributed by atoms with Crippen LogP contribution in [0.4, 0.5) is 24.5 Å². The highest BCUT2D eigenvalue weighted by molar-refractivity contribution is 5.95. The van der Waals surface area contributed by atoms with Gasteiger partial charge in [0.15, 0.2) is 0 Å². The Morgan fingerprint density at radius 2 is 1.76 bits per heavy atom. The molecule has 2 rings (SSSR count). The Kier molecular flexibility index (Phi) is 3.88. The lowest BCUT2D eigenvalue weighted by Gasteiger charge is -2.16. The molecule has 0 amide bonds. The maximum absolute atomic E-state index is 12.9. The number of alkyl halides is 3. The molecule has 0 spiro atoms. The molecule has 0 atom stereocenters. The van der Waals surface area contributed by atoms with Gasteiger partial charge in [-0.1, -0.05) is 23.8 Å². The fraction of sp³-hybridized carbons (Fsp3) is 0.133. The summed E-state index contributed by atoms with van der Waals surface area (Å²) in [5.41, 5.74) is -0.280. The van der Waals surface area contributed by atoms with Crippen molar-refractivity contribution in [3.63, 3.8) is 0 Å². The molecular formula is C15H12F3NO2. The lowest BCUT2D eigenvalue weighted by atomic mass is 10.1. The zero-order valence-corrected chi connectivity index (χ0v) is 11.0. The SMILES string of the molecule is Cc1ccc(Nc2ccccc2C(F)(F)F)c(C(=O)O)c1. The van der Waals surface area contributed by atoms with Crippen LogP contribution in [0, 0.1) is 6.92 Å². The van der Waals surface area contributed by atoms with Gasteiger partial charge in [0, 0.05) is 0 Å². The number of anilines is 2. The summed E-state index contributed by atoms with van der Waals surface area (Å²) in [7, 11) is 0. The molecule has 0 saturated heterocycles. The number of hydrogen-bond acceptors (Lipinski definition) is 2. The molecule has 0 unspecified atom stereocenters. The predicted octanol–water partition coefficient (Wildman–Crippen LogP) is 4.46. The van der Waals surface area contributed by atoms with Gasteiger partial charge in [0.1, 0.15) is 0 Å². The molecule has 21 heavy (non-hydrogen) atoms. The average Bonchev–Trinajstić information content (AvgIpc) is 2.40. The Hall–Kier alpha value is -2.50. The van der Waals surface area contributed by atoms with Crippen LogP contribution in [-0.2, 0) is 6.18 Å². The van der Waals surface area contributed by atoms with Crippen LogP contribution in [0.5, 0.6) is 0 Å². The maximum Gasteiger partial charge on any atom is 0.418 e. The summed E-state index contributed by atoms with van der Waals surface area (Å²) in [6.07, 6.45) is -4.52. The van der Waals surface area contributed by atoms with Gasteiger partial charge in [-0.15, -0.1) is 0 Å². The van der Waals surface area contributed by atoms with Crippen molar-refractivity contribution < 1.29 is 23.1 Å². The summed E-state index contributed by atoms with van der Waals surface area (Å²) in [5.74, 6) is -1.20. The quantitative estimate of drug-likeness (QED) is 0.879. The first-order chi connectivity index (χ1) is 9.79. The fourth-order valence-electron chi connectivity index (χ4n) is 1.93. The van der Waals surface area contributed by atoms with Crippen LogP contribution in [0.3, 0.4) is 0 Å². The van der Waals surface area contributed by atoms with E-state index in [1.54, 1.807) is 13.0 Å². The number of aryl methyl sites for hydroxylation is 1. The van der Waals surface area contributed by atoms with Gasteiger partial charge in [-0.25, -0.2) is 4.79 Å². The molecule has 0 saturated carbocycles. The predicted molar refractivity (Wildman–Crippen MR) is 72.9 cm³/mol. The molecule has 110 valence electrons. The highest BCUT2D eigenvalue weighted by atomic mass is 19.4. The van der Waals surface area contributed by atoms with Crippen LogP contribution < -0.4 is 5.32 Å². The number of rotatable bonds is 3. The first kappa shape index (κ1) is 14.9. The molecule has 2 N–H and O–H groups in total. The van der Waals surface area contributed by atoms with Gasteiger partial charge in [-0.2, -0.15) is 13.2 Å². The van der Waals surface area contributed by atoms with Crippen molar-refractivity contribution in [2.24, 2.45) is 0 Å². The van der Waals surface area contributed by atoms with E-state index in [1.807, 2.05) is 0 Å². The molecule has 2 aromatic rings. The number of benzene rings is 2. The molecule has 0 aromatic heterocycles. The standard InChI is InChI=1S/C15H12F3NO2/c1-9-6-7-12(10(8-9)14(20)21)19-13-5-3-2-4-11(13)15(16,17)18/h2-8,19H,1H3,(H,20,21). The van der Waals surface area contributed by atoms with Crippen molar-refractivity contribution in [2.75, 3.05) is 5.32 Å². The van der Waals surface area contributed by atoms with Gasteiger partial charge in [0.05, 0.1) is 22.5 Å². The summed E-state index contributed by atoms with van der Waals surface area (Å²) in [6, 6.07) is 9.41. The second kappa shape index (κ2) is 5.47. The number of aromatic carboxylic acids is 1. The Labute approximate surface area is 119 Å². The number of hydrogen-bond donors (Lipinski definition) is 2. The Morgan fingerprint density at radius 1 is 1.10 bits per heavy atom. The first-order valence-electron chi connectivity index (χ1n) is 6.06. The summed E-state index contributed by atoms with van der Waals surface area (Å²) in [5, 5.41) is 11.7. The molecule has 6 heteroatoms. The van der Waals surface area contributed by atoms with E-state index in [0.29, 0.717) is 5.56 Å². The fourth-order valence-corrected chi connectivity index (χ4v) is 1.93. The largest absolute Gasteiger partial charge is 0.478 e. The van der Waals surface area contributed by atoms with E-state index in [9.17, 15) is 18.0 Å². The average molecular weight is 295 g/mol. The van der Waals surface area contributed by atoms with Gasteiger partial charge < -0.3 is 10.4 Å². The van der Waals surface area contributed by atoms with E-state index in [1.165, 1.54) is 30.3 Å². The van der Waals surface area contributed by atoms with E-state index in [4.69, 9.17) is 5.11 Å². The second-order valence-corrected chi connectivity index (χ2v) is 4.52. The highest BCUT2D eigenvalue weighted by Crippen LogP contribution is 2.36. The van der Waals surface area contributed by atoms with Gasteiger partial charge >= 0.3 is 12.1 Å². The van der Waals surface area contributed by atoms with E-state index >= 15 is 0 Å².